The molecule has 2 aromatic heterocycles. The molecular weight excluding hydrogens is 280 g/mol. The molecule has 0 aliphatic rings. The first-order valence-electron chi connectivity index (χ1n) is 6.98. The molecule has 0 spiro atoms. The van der Waals surface area contributed by atoms with Crippen molar-refractivity contribution in [3.63, 3.8) is 0 Å². The van der Waals surface area contributed by atoms with Crippen molar-refractivity contribution in [1.82, 2.24) is 25.2 Å². The van der Waals surface area contributed by atoms with Gasteiger partial charge in [-0.3, -0.25) is 4.98 Å². The molecule has 0 unspecified atom stereocenters. The molecule has 112 valence electrons. The van der Waals surface area contributed by atoms with Gasteiger partial charge in [0.15, 0.2) is 5.82 Å². The second-order valence-electron chi connectivity index (χ2n) is 4.74. The van der Waals surface area contributed by atoms with Crippen LogP contribution in [-0.2, 0) is 6.54 Å². The number of nitrogens with two attached hydrogens (primary N) is 1. The highest BCUT2D eigenvalue weighted by molar-refractivity contribution is 5.52. The highest BCUT2D eigenvalue weighted by Crippen LogP contribution is 2.16. The summed E-state index contributed by atoms with van der Waals surface area (Å²) in [5.74, 6) is 1.47. The maximum Gasteiger partial charge on any atom is 0.183 e. The summed E-state index contributed by atoms with van der Waals surface area (Å²) < 4.78 is 7.41. The van der Waals surface area contributed by atoms with E-state index in [0.29, 0.717) is 24.7 Å². The SMILES string of the molecule is Nc1cccc(OCCCn2nnnc2-c2cccnc2)c1. The Kier molecular flexibility index (Phi) is 4.24. The number of hydrogen-bond acceptors (Lipinski definition) is 6. The summed E-state index contributed by atoms with van der Waals surface area (Å²) in [5.41, 5.74) is 7.29. The average molecular weight is 296 g/mol. The molecule has 3 rings (SSSR count). The van der Waals surface area contributed by atoms with Gasteiger partial charge in [0.05, 0.1) is 6.61 Å². The second-order valence-corrected chi connectivity index (χ2v) is 4.74. The van der Waals surface area contributed by atoms with E-state index in [4.69, 9.17) is 10.5 Å². The first kappa shape index (κ1) is 14.0. The molecule has 7 nitrogen and oxygen atoms in total. The van der Waals surface area contributed by atoms with E-state index < -0.39 is 0 Å². The Balaban J connectivity index is 1.56. The van der Waals surface area contributed by atoms with Gasteiger partial charge < -0.3 is 10.5 Å². The van der Waals surface area contributed by atoms with Crippen molar-refractivity contribution in [2.45, 2.75) is 13.0 Å². The number of aryl methyl sites for hydroxylation is 1. The van der Waals surface area contributed by atoms with Gasteiger partial charge in [-0.25, -0.2) is 4.68 Å². The van der Waals surface area contributed by atoms with E-state index in [1.54, 1.807) is 23.1 Å². The van der Waals surface area contributed by atoms with Crippen LogP contribution in [0, 0.1) is 0 Å². The number of benzene rings is 1. The van der Waals surface area contributed by atoms with E-state index in [-0.39, 0.29) is 0 Å². The van der Waals surface area contributed by atoms with E-state index in [9.17, 15) is 0 Å². The third kappa shape index (κ3) is 3.38. The fourth-order valence-electron chi connectivity index (χ4n) is 2.07. The minimum absolute atomic E-state index is 0.565. The van der Waals surface area contributed by atoms with Crippen molar-refractivity contribution in [2.75, 3.05) is 12.3 Å². The highest BCUT2D eigenvalue weighted by atomic mass is 16.5. The van der Waals surface area contributed by atoms with E-state index in [1.165, 1.54) is 0 Å². The summed E-state index contributed by atoms with van der Waals surface area (Å²) in [5, 5.41) is 11.8. The first-order valence-corrected chi connectivity index (χ1v) is 6.98. The number of tetrazole rings is 1. The molecule has 0 radical (unpaired) electrons. The lowest BCUT2D eigenvalue weighted by Gasteiger charge is -2.07. The number of nitrogen functional groups attached to an aromatic ring is 1. The van der Waals surface area contributed by atoms with Crippen LogP contribution >= 0.6 is 0 Å². The van der Waals surface area contributed by atoms with Crippen molar-refractivity contribution >= 4 is 5.69 Å². The number of anilines is 1. The first-order chi connectivity index (χ1) is 10.8. The number of ether oxygens (including phenoxy) is 1. The van der Waals surface area contributed by atoms with Crippen LogP contribution in [0.25, 0.3) is 11.4 Å². The van der Waals surface area contributed by atoms with Gasteiger partial charge in [-0.1, -0.05) is 6.07 Å². The molecule has 0 saturated carbocycles. The lowest BCUT2D eigenvalue weighted by molar-refractivity contribution is 0.298. The van der Waals surface area contributed by atoms with Gasteiger partial charge in [-0.15, -0.1) is 5.10 Å². The minimum Gasteiger partial charge on any atom is -0.493 e. The molecule has 0 aliphatic carbocycles. The Morgan fingerprint density at radius 3 is 2.95 bits per heavy atom. The molecule has 0 fully saturated rings. The molecular formula is C15H16N6O. The summed E-state index contributed by atoms with van der Waals surface area (Å²) in [6.45, 7) is 1.23. The average Bonchev–Trinajstić information content (AvgIpc) is 3.01. The Labute approximate surface area is 127 Å². The summed E-state index contributed by atoms with van der Waals surface area (Å²) in [6.07, 6.45) is 4.25. The number of rotatable bonds is 6. The van der Waals surface area contributed by atoms with Crippen LogP contribution in [-0.4, -0.2) is 31.8 Å². The van der Waals surface area contributed by atoms with Crippen molar-refractivity contribution in [2.24, 2.45) is 0 Å². The standard InChI is InChI=1S/C15H16N6O/c16-13-5-1-6-14(10-13)22-9-3-8-21-15(18-19-20-21)12-4-2-7-17-11-12/h1-2,4-7,10-11H,3,8-9,16H2. The zero-order valence-electron chi connectivity index (χ0n) is 12.0. The molecule has 2 heterocycles. The lowest BCUT2D eigenvalue weighted by atomic mass is 10.2. The molecule has 0 aliphatic heterocycles. The van der Waals surface area contributed by atoms with E-state index in [0.717, 1.165) is 17.7 Å². The third-order valence-corrected chi connectivity index (χ3v) is 3.09. The number of aromatic nitrogens is 5. The third-order valence-electron chi connectivity index (χ3n) is 3.09. The monoisotopic (exact) mass is 296 g/mol. The van der Waals surface area contributed by atoms with Gasteiger partial charge in [0.2, 0.25) is 0 Å². The zero-order valence-corrected chi connectivity index (χ0v) is 12.0. The summed E-state index contributed by atoms with van der Waals surface area (Å²) in [6, 6.07) is 11.2. The summed E-state index contributed by atoms with van der Waals surface area (Å²) in [4.78, 5) is 4.08. The number of hydrogen-bond donors (Lipinski definition) is 1. The molecule has 3 aromatic rings. The second kappa shape index (κ2) is 6.66. The molecule has 0 atom stereocenters. The molecule has 7 heteroatoms. The molecule has 1 aromatic carbocycles. The van der Waals surface area contributed by atoms with E-state index in [1.807, 2.05) is 30.3 Å². The Morgan fingerprint density at radius 1 is 1.18 bits per heavy atom. The maximum absolute atomic E-state index is 5.71. The fourth-order valence-corrected chi connectivity index (χ4v) is 2.07. The Morgan fingerprint density at radius 2 is 2.14 bits per heavy atom. The molecule has 22 heavy (non-hydrogen) atoms. The number of nitrogens with zero attached hydrogens (tertiary/aromatic N) is 5. The van der Waals surface area contributed by atoms with Gasteiger partial charge in [0, 0.05) is 42.7 Å². The van der Waals surface area contributed by atoms with Gasteiger partial charge in [-0.2, -0.15) is 0 Å². The van der Waals surface area contributed by atoms with Crippen LogP contribution in [0.1, 0.15) is 6.42 Å². The maximum atomic E-state index is 5.71. The topological polar surface area (TPSA) is 91.7 Å². The van der Waals surface area contributed by atoms with Gasteiger partial charge in [-0.05, 0) is 34.7 Å². The van der Waals surface area contributed by atoms with Crippen LogP contribution in [0.15, 0.2) is 48.8 Å². The molecule has 0 saturated heterocycles. The van der Waals surface area contributed by atoms with Crippen molar-refractivity contribution < 1.29 is 4.74 Å². The minimum atomic E-state index is 0.565. The van der Waals surface area contributed by atoms with E-state index in [2.05, 4.69) is 20.5 Å². The normalized spacial score (nSPS) is 10.5. The largest absolute Gasteiger partial charge is 0.493 e. The van der Waals surface area contributed by atoms with Crippen LogP contribution in [0.2, 0.25) is 0 Å². The van der Waals surface area contributed by atoms with Crippen LogP contribution in [0.4, 0.5) is 5.69 Å². The van der Waals surface area contributed by atoms with Gasteiger partial charge in [0.1, 0.15) is 5.75 Å². The molecule has 2 N–H and O–H groups in total. The molecule has 0 amide bonds. The lowest BCUT2D eigenvalue weighted by Crippen LogP contribution is -2.07. The summed E-state index contributed by atoms with van der Waals surface area (Å²) >= 11 is 0. The van der Waals surface area contributed by atoms with Crippen molar-refractivity contribution in [3.8, 4) is 17.1 Å². The smallest absolute Gasteiger partial charge is 0.183 e. The van der Waals surface area contributed by atoms with Crippen molar-refractivity contribution in [1.29, 1.82) is 0 Å². The number of pyridine rings is 1. The zero-order chi connectivity index (χ0) is 15.2. The predicted molar refractivity (Wildman–Crippen MR) is 82.0 cm³/mol. The fraction of sp³-hybridized carbons (Fsp3) is 0.200. The van der Waals surface area contributed by atoms with Crippen LogP contribution in [0.5, 0.6) is 5.75 Å². The highest BCUT2D eigenvalue weighted by Gasteiger charge is 2.08. The van der Waals surface area contributed by atoms with Crippen LogP contribution < -0.4 is 10.5 Å². The quantitative estimate of drug-likeness (QED) is 0.550. The Hall–Kier alpha value is -2.96. The summed E-state index contributed by atoms with van der Waals surface area (Å²) in [7, 11) is 0. The van der Waals surface area contributed by atoms with E-state index >= 15 is 0 Å². The molecule has 0 bridgehead atoms. The Bertz CT molecular complexity index is 728. The van der Waals surface area contributed by atoms with Gasteiger partial charge >= 0.3 is 0 Å². The van der Waals surface area contributed by atoms with Gasteiger partial charge in [0.25, 0.3) is 0 Å². The van der Waals surface area contributed by atoms with Crippen molar-refractivity contribution in [3.05, 3.63) is 48.8 Å². The predicted octanol–water partition coefficient (Wildman–Crippen LogP) is 1.79. The van der Waals surface area contributed by atoms with Crippen LogP contribution in [0.3, 0.4) is 0 Å².